The molecule has 0 aliphatic carbocycles. The van der Waals surface area contributed by atoms with Crippen molar-refractivity contribution >= 4 is 45.8 Å². The molecule has 0 spiro atoms. The molecule has 9 heteroatoms. The highest BCUT2D eigenvalue weighted by molar-refractivity contribution is 7.18. The molecular weight excluding hydrogens is 480 g/mol. The lowest BCUT2D eigenvalue weighted by Crippen LogP contribution is -2.48. The number of thiophene rings is 1. The monoisotopic (exact) mass is 504 g/mol. The fraction of sp³-hybridized carbons (Fsp3) is 0.222. The quantitative estimate of drug-likeness (QED) is 0.279. The van der Waals surface area contributed by atoms with E-state index in [9.17, 15) is 24.0 Å². The van der Waals surface area contributed by atoms with E-state index in [-0.39, 0.29) is 40.5 Å². The Balaban J connectivity index is 1.74. The average molecular weight is 505 g/mol. The number of ketones is 1. The minimum Gasteiger partial charge on any atom is -0.462 e. The van der Waals surface area contributed by atoms with E-state index in [4.69, 9.17) is 4.74 Å². The van der Waals surface area contributed by atoms with E-state index in [1.165, 1.54) is 6.92 Å². The first kappa shape index (κ1) is 25.0. The summed E-state index contributed by atoms with van der Waals surface area (Å²) in [6.45, 7) is 4.75. The maximum atomic E-state index is 13.7. The molecule has 4 rings (SSSR count). The van der Waals surface area contributed by atoms with Crippen LogP contribution in [0, 0.1) is 6.92 Å². The van der Waals surface area contributed by atoms with E-state index in [0.29, 0.717) is 10.4 Å². The number of Topliss-reactive ketones (excluding diaryl/α,β-unsaturated/α-hetero) is 1. The summed E-state index contributed by atoms with van der Waals surface area (Å²) in [5.74, 6) is -2.72. The number of hydrogen-bond donors (Lipinski definition) is 1. The molecule has 36 heavy (non-hydrogen) atoms. The number of ether oxygens (including phenoxy) is 1. The van der Waals surface area contributed by atoms with Crippen molar-refractivity contribution in [2.24, 2.45) is 0 Å². The number of esters is 1. The largest absolute Gasteiger partial charge is 0.462 e. The van der Waals surface area contributed by atoms with Crippen LogP contribution in [0.1, 0.15) is 65.7 Å². The molecule has 184 valence electrons. The minimum absolute atomic E-state index is 0.0663. The highest BCUT2D eigenvalue weighted by atomic mass is 32.1. The molecular formula is C27H24N2O6S. The van der Waals surface area contributed by atoms with E-state index in [1.807, 2.05) is 6.07 Å². The third-order valence-corrected chi connectivity index (χ3v) is 7.20. The fourth-order valence-corrected chi connectivity index (χ4v) is 5.30. The number of anilines is 1. The van der Waals surface area contributed by atoms with Gasteiger partial charge in [-0.05, 0) is 44.0 Å². The molecule has 1 aromatic heterocycles. The first-order valence-electron chi connectivity index (χ1n) is 11.4. The second-order valence-corrected chi connectivity index (χ2v) is 9.28. The van der Waals surface area contributed by atoms with E-state index in [0.717, 1.165) is 21.8 Å². The number of rotatable bonds is 8. The van der Waals surface area contributed by atoms with Crippen molar-refractivity contribution in [2.75, 3.05) is 11.9 Å². The highest BCUT2D eigenvalue weighted by Gasteiger charge is 2.43. The number of benzene rings is 2. The number of amides is 3. The van der Waals surface area contributed by atoms with Gasteiger partial charge in [0.2, 0.25) is 5.91 Å². The summed E-state index contributed by atoms with van der Waals surface area (Å²) in [6.07, 6.45) is 0.0663. The van der Waals surface area contributed by atoms with Crippen LogP contribution in [0.15, 0.2) is 54.6 Å². The average Bonchev–Trinajstić information content (AvgIpc) is 3.32. The molecule has 1 N–H and O–H groups in total. The van der Waals surface area contributed by atoms with Gasteiger partial charge in [-0.15, -0.1) is 11.3 Å². The summed E-state index contributed by atoms with van der Waals surface area (Å²) < 4.78 is 5.14. The van der Waals surface area contributed by atoms with Crippen LogP contribution < -0.4 is 5.32 Å². The van der Waals surface area contributed by atoms with Crippen molar-refractivity contribution in [3.05, 3.63) is 87.3 Å². The van der Waals surface area contributed by atoms with Gasteiger partial charge in [-0.1, -0.05) is 42.5 Å². The van der Waals surface area contributed by atoms with E-state index >= 15 is 0 Å². The van der Waals surface area contributed by atoms with Crippen molar-refractivity contribution in [3.63, 3.8) is 0 Å². The van der Waals surface area contributed by atoms with Gasteiger partial charge in [0.25, 0.3) is 11.8 Å². The number of imide groups is 1. The van der Waals surface area contributed by atoms with Crippen LogP contribution in [0.2, 0.25) is 0 Å². The zero-order valence-corrected chi connectivity index (χ0v) is 20.8. The van der Waals surface area contributed by atoms with Crippen LogP contribution in [-0.4, -0.2) is 47.0 Å². The van der Waals surface area contributed by atoms with E-state index in [2.05, 4.69) is 5.32 Å². The molecule has 1 atom stereocenters. The van der Waals surface area contributed by atoms with Gasteiger partial charge < -0.3 is 10.1 Å². The lowest BCUT2D eigenvalue weighted by molar-refractivity contribution is -0.119. The maximum absolute atomic E-state index is 13.7. The Bertz CT molecular complexity index is 1340. The van der Waals surface area contributed by atoms with Crippen LogP contribution in [0.4, 0.5) is 5.00 Å². The van der Waals surface area contributed by atoms with Gasteiger partial charge in [0.05, 0.1) is 28.2 Å². The molecule has 1 aliphatic rings. The Morgan fingerprint density at radius 2 is 1.56 bits per heavy atom. The van der Waals surface area contributed by atoms with E-state index in [1.54, 1.807) is 62.4 Å². The smallest absolute Gasteiger partial charge is 0.341 e. The number of carbonyl (C=O) groups is 5. The van der Waals surface area contributed by atoms with Crippen LogP contribution in [-0.2, 0) is 16.0 Å². The predicted molar refractivity (Wildman–Crippen MR) is 135 cm³/mol. The SMILES string of the molecule is CCOC(=O)c1c(NC(=O)[C@H](Cc2ccccc2)N2C(=O)c3ccccc3C2=O)sc(C(C)=O)c1C. The molecule has 2 heterocycles. The standard InChI is InChI=1S/C27H24N2O6S/c1-4-35-27(34)21-15(2)22(16(3)30)36-24(21)28-23(31)20(14-17-10-6-5-7-11-17)29-25(32)18-12-8-9-13-19(18)26(29)33/h5-13,20H,4,14H2,1-3H3,(H,28,31)/t20-/m0/s1. The third-order valence-electron chi connectivity index (χ3n) is 5.89. The number of nitrogens with one attached hydrogen (secondary N) is 1. The minimum atomic E-state index is -1.20. The van der Waals surface area contributed by atoms with Gasteiger partial charge >= 0.3 is 5.97 Å². The second-order valence-electron chi connectivity index (χ2n) is 8.26. The van der Waals surface area contributed by atoms with Gasteiger partial charge in [0.1, 0.15) is 11.0 Å². The zero-order chi connectivity index (χ0) is 26.0. The van der Waals surface area contributed by atoms with Crippen molar-refractivity contribution in [2.45, 2.75) is 33.2 Å². The van der Waals surface area contributed by atoms with Crippen LogP contribution in [0.25, 0.3) is 0 Å². The molecule has 0 saturated heterocycles. The van der Waals surface area contributed by atoms with Crippen LogP contribution >= 0.6 is 11.3 Å². The molecule has 8 nitrogen and oxygen atoms in total. The first-order valence-corrected chi connectivity index (χ1v) is 12.2. The Morgan fingerprint density at radius 3 is 2.11 bits per heavy atom. The lowest BCUT2D eigenvalue weighted by atomic mass is 10.0. The third kappa shape index (κ3) is 4.57. The number of fused-ring (bicyclic) bond motifs is 1. The van der Waals surface area contributed by atoms with Crippen molar-refractivity contribution < 1.29 is 28.7 Å². The van der Waals surface area contributed by atoms with Crippen molar-refractivity contribution in [3.8, 4) is 0 Å². The molecule has 0 bridgehead atoms. The molecule has 0 radical (unpaired) electrons. The summed E-state index contributed by atoms with van der Waals surface area (Å²) in [7, 11) is 0. The predicted octanol–water partition coefficient (Wildman–Crippen LogP) is 4.28. The Hall–Kier alpha value is -4.11. The molecule has 1 aliphatic heterocycles. The van der Waals surface area contributed by atoms with Crippen LogP contribution in [0.3, 0.4) is 0 Å². The molecule has 0 fully saturated rings. The second kappa shape index (κ2) is 10.2. The molecule has 3 aromatic rings. The van der Waals surface area contributed by atoms with Gasteiger partial charge in [-0.25, -0.2) is 4.79 Å². The Kier molecular flexibility index (Phi) is 7.12. The Morgan fingerprint density at radius 1 is 0.972 bits per heavy atom. The molecule has 3 amide bonds. The number of carbonyl (C=O) groups excluding carboxylic acids is 5. The summed E-state index contributed by atoms with van der Waals surface area (Å²) >= 11 is 0.961. The molecule has 0 unspecified atom stereocenters. The fourth-order valence-electron chi connectivity index (χ4n) is 4.21. The van der Waals surface area contributed by atoms with Crippen LogP contribution in [0.5, 0.6) is 0 Å². The Labute approximate surface area is 211 Å². The molecule has 2 aromatic carbocycles. The number of nitrogens with zero attached hydrogens (tertiary/aromatic N) is 1. The first-order chi connectivity index (χ1) is 17.2. The normalized spacial score (nSPS) is 13.4. The van der Waals surface area contributed by atoms with Crippen molar-refractivity contribution in [1.29, 1.82) is 0 Å². The maximum Gasteiger partial charge on any atom is 0.341 e. The summed E-state index contributed by atoms with van der Waals surface area (Å²) in [5, 5.41) is 2.85. The van der Waals surface area contributed by atoms with Gasteiger partial charge in [-0.2, -0.15) is 0 Å². The van der Waals surface area contributed by atoms with Gasteiger partial charge in [0, 0.05) is 6.42 Å². The van der Waals surface area contributed by atoms with Gasteiger partial charge in [-0.3, -0.25) is 24.1 Å². The van der Waals surface area contributed by atoms with Crippen molar-refractivity contribution in [1.82, 2.24) is 4.90 Å². The van der Waals surface area contributed by atoms with Gasteiger partial charge in [0.15, 0.2) is 5.78 Å². The van der Waals surface area contributed by atoms with E-state index < -0.39 is 29.7 Å². The summed E-state index contributed by atoms with van der Waals surface area (Å²) in [5.41, 5.74) is 1.69. The molecule has 0 saturated carbocycles. The topological polar surface area (TPSA) is 110 Å². The highest BCUT2D eigenvalue weighted by Crippen LogP contribution is 2.35. The summed E-state index contributed by atoms with van der Waals surface area (Å²) in [6, 6.07) is 14.2. The lowest BCUT2D eigenvalue weighted by Gasteiger charge is -2.25. The zero-order valence-electron chi connectivity index (χ0n) is 20.0. The summed E-state index contributed by atoms with van der Waals surface area (Å²) in [4.78, 5) is 66.2. The number of hydrogen-bond acceptors (Lipinski definition) is 7.